The van der Waals surface area contributed by atoms with Gasteiger partial charge in [0.15, 0.2) is 0 Å². The molecule has 0 bridgehead atoms. The molecule has 126 valence electrons. The van der Waals surface area contributed by atoms with Crippen LogP contribution in [0.1, 0.15) is 33.3 Å². The van der Waals surface area contributed by atoms with Crippen LogP contribution in [0.25, 0.3) is 17.0 Å². The lowest BCUT2D eigenvalue weighted by Gasteiger charge is -2.32. The standard InChI is InChI=1S/C19H25BN2O2/c1-18(2)19(3,4)24-20(23-18)15(13-21-5)12-14-10-11-22-17-9-7-6-8-16(14)17/h6-12,21H,13H2,1-5H3. The van der Waals surface area contributed by atoms with Crippen LogP contribution in [0.5, 0.6) is 0 Å². The number of para-hydroxylation sites is 1. The minimum Gasteiger partial charge on any atom is -0.400 e. The fourth-order valence-electron chi connectivity index (χ4n) is 2.84. The van der Waals surface area contributed by atoms with E-state index in [9.17, 15) is 0 Å². The fraction of sp³-hybridized carbons (Fsp3) is 0.421. The van der Waals surface area contributed by atoms with Gasteiger partial charge >= 0.3 is 7.12 Å². The third-order valence-corrected chi connectivity index (χ3v) is 4.96. The van der Waals surface area contributed by atoms with Crippen molar-refractivity contribution in [1.29, 1.82) is 0 Å². The number of nitrogens with one attached hydrogen (secondary N) is 1. The summed E-state index contributed by atoms with van der Waals surface area (Å²) >= 11 is 0. The van der Waals surface area contributed by atoms with Crippen molar-refractivity contribution in [3.8, 4) is 0 Å². The molecule has 0 amide bonds. The van der Waals surface area contributed by atoms with Gasteiger partial charge in [-0.2, -0.15) is 0 Å². The number of nitrogens with zero attached hydrogens (tertiary/aromatic N) is 1. The Balaban J connectivity index is 2.01. The first-order chi connectivity index (χ1) is 11.3. The van der Waals surface area contributed by atoms with E-state index in [0.29, 0.717) is 6.54 Å². The molecule has 1 aromatic carbocycles. The topological polar surface area (TPSA) is 43.4 Å². The minimum absolute atomic E-state index is 0.342. The molecular formula is C19H25BN2O2. The zero-order valence-electron chi connectivity index (χ0n) is 15.1. The number of rotatable bonds is 4. The highest BCUT2D eigenvalue weighted by Crippen LogP contribution is 2.38. The molecule has 0 saturated carbocycles. The van der Waals surface area contributed by atoms with Crippen LogP contribution in [0.3, 0.4) is 0 Å². The summed E-state index contributed by atoms with van der Waals surface area (Å²) in [5, 5.41) is 4.35. The molecule has 1 fully saturated rings. The van der Waals surface area contributed by atoms with Crippen LogP contribution in [-0.2, 0) is 9.31 Å². The quantitative estimate of drug-likeness (QED) is 0.875. The van der Waals surface area contributed by atoms with Gasteiger partial charge in [-0.3, -0.25) is 4.98 Å². The molecule has 1 N–H and O–H groups in total. The molecular weight excluding hydrogens is 299 g/mol. The lowest BCUT2D eigenvalue weighted by molar-refractivity contribution is 0.00578. The summed E-state index contributed by atoms with van der Waals surface area (Å²) in [4.78, 5) is 4.43. The van der Waals surface area contributed by atoms with Gasteiger partial charge < -0.3 is 14.6 Å². The lowest BCUT2D eigenvalue weighted by atomic mass is 9.76. The van der Waals surface area contributed by atoms with Crippen molar-refractivity contribution in [2.75, 3.05) is 13.6 Å². The van der Waals surface area contributed by atoms with E-state index in [4.69, 9.17) is 9.31 Å². The number of likely N-dealkylation sites (N-methyl/N-ethyl adjacent to an activating group) is 1. The maximum absolute atomic E-state index is 6.22. The predicted octanol–water partition coefficient (Wildman–Crippen LogP) is 3.47. The van der Waals surface area contributed by atoms with Crippen molar-refractivity contribution < 1.29 is 9.31 Å². The molecule has 0 radical (unpaired) electrons. The van der Waals surface area contributed by atoms with Crippen molar-refractivity contribution in [3.63, 3.8) is 0 Å². The van der Waals surface area contributed by atoms with Crippen LogP contribution in [0.2, 0.25) is 0 Å². The maximum atomic E-state index is 6.22. The highest BCUT2D eigenvalue weighted by molar-refractivity contribution is 6.56. The minimum atomic E-state index is -0.352. The number of hydrogen-bond donors (Lipinski definition) is 1. The van der Waals surface area contributed by atoms with Gasteiger partial charge in [0.05, 0.1) is 16.7 Å². The number of fused-ring (bicyclic) bond motifs is 1. The number of hydrogen-bond acceptors (Lipinski definition) is 4. The Bertz CT molecular complexity index is 750. The third-order valence-electron chi connectivity index (χ3n) is 4.96. The summed E-state index contributed by atoms with van der Waals surface area (Å²) in [7, 11) is 1.58. The average Bonchev–Trinajstić information content (AvgIpc) is 2.75. The lowest BCUT2D eigenvalue weighted by Crippen LogP contribution is -2.41. The Morgan fingerprint density at radius 3 is 2.46 bits per heavy atom. The summed E-state index contributed by atoms with van der Waals surface area (Å²) in [6.45, 7) is 9.00. The summed E-state index contributed by atoms with van der Waals surface area (Å²) in [6, 6.07) is 10.2. The number of benzene rings is 1. The van der Waals surface area contributed by atoms with E-state index in [1.807, 2.05) is 37.5 Å². The van der Waals surface area contributed by atoms with Crippen molar-refractivity contribution in [1.82, 2.24) is 10.3 Å². The highest BCUT2D eigenvalue weighted by Gasteiger charge is 2.52. The normalized spacial score (nSPS) is 19.9. The van der Waals surface area contributed by atoms with Crippen LogP contribution >= 0.6 is 0 Å². The first-order valence-electron chi connectivity index (χ1n) is 8.38. The summed E-state index contributed by atoms with van der Waals surface area (Å²) in [5.74, 6) is 0. The molecule has 2 aromatic rings. The number of aromatic nitrogens is 1. The second-order valence-corrected chi connectivity index (χ2v) is 7.26. The van der Waals surface area contributed by atoms with Crippen LogP contribution in [-0.4, -0.2) is 36.9 Å². The maximum Gasteiger partial charge on any atom is 0.491 e. The molecule has 1 saturated heterocycles. The van der Waals surface area contributed by atoms with Crippen molar-refractivity contribution >= 4 is 24.1 Å². The summed E-state index contributed by atoms with van der Waals surface area (Å²) < 4.78 is 12.4. The molecule has 4 nitrogen and oxygen atoms in total. The Morgan fingerprint density at radius 2 is 1.79 bits per heavy atom. The average molecular weight is 324 g/mol. The third kappa shape index (κ3) is 3.12. The van der Waals surface area contributed by atoms with Gasteiger partial charge in [-0.15, -0.1) is 0 Å². The summed E-state index contributed by atoms with van der Waals surface area (Å²) in [6.07, 6.45) is 4.00. The summed E-state index contributed by atoms with van der Waals surface area (Å²) in [5.41, 5.74) is 2.51. The van der Waals surface area contributed by atoms with Crippen LogP contribution in [0.15, 0.2) is 42.0 Å². The van der Waals surface area contributed by atoms with Crippen molar-refractivity contribution in [2.24, 2.45) is 0 Å². The molecule has 1 aliphatic heterocycles. The second kappa shape index (κ2) is 6.32. The molecule has 5 heteroatoms. The van der Waals surface area contributed by atoms with Crippen LogP contribution in [0.4, 0.5) is 0 Å². The zero-order valence-corrected chi connectivity index (χ0v) is 15.1. The SMILES string of the molecule is CNCC(=Cc1ccnc2ccccc12)B1OC(C)(C)C(C)(C)O1. The van der Waals surface area contributed by atoms with Crippen molar-refractivity contribution in [2.45, 2.75) is 38.9 Å². The van der Waals surface area contributed by atoms with Crippen LogP contribution < -0.4 is 5.32 Å². The molecule has 1 aliphatic rings. The zero-order chi connectivity index (χ0) is 17.4. The van der Waals surface area contributed by atoms with Gasteiger partial charge in [0.2, 0.25) is 0 Å². The molecule has 0 atom stereocenters. The molecule has 2 heterocycles. The molecule has 1 aromatic heterocycles. The van der Waals surface area contributed by atoms with Gasteiger partial charge in [-0.05, 0) is 57.9 Å². The Hall–Kier alpha value is -1.69. The predicted molar refractivity (Wildman–Crippen MR) is 99.7 cm³/mol. The monoisotopic (exact) mass is 324 g/mol. The first-order valence-corrected chi connectivity index (χ1v) is 8.38. The van der Waals surface area contributed by atoms with Gasteiger partial charge in [0.25, 0.3) is 0 Å². The van der Waals surface area contributed by atoms with Crippen LogP contribution in [0, 0.1) is 0 Å². The molecule has 3 rings (SSSR count). The highest BCUT2D eigenvalue weighted by atomic mass is 16.7. The van der Waals surface area contributed by atoms with Gasteiger partial charge in [0, 0.05) is 18.1 Å². The molecule has 0 aliphatic carbocycles. The van der Waals surface area contributed by atoms with E-state index >= 15 is 0 Å². The fourth-order valence-corrected chi connectivity index (χ4v) is 2.84. The van der Waals surface area contributed by atoms with E-state index < -0.39 is 0 Å². The van der Waals surface area contributed by atoms with Crippen molar-refractivity contribution in [3.05, 3.63) is 47.6 Å². The van der Waals surface area contributed by atoms with E-state index in [2.05, 4.69) is 50.1 Å². The molecule has 0 unspecified atom stereocenters. The Morgan fingerprint density at radius 1 is 1.12 bits per heavy atom. The van der Waals surface area contributed by atoms with Gasteiger partial charge in [0.1, 0.15) is 0 Å². The van der Waals surface area contributed by atoms with E-state index in [-0.39, 0.29) is 18.3 Å². The number of pyridine rings is 1. The first kappa shape index (κ1) is 17.1. The largest absolute Gasteiger partial charge is 0.491 e. The molecule has 24 heavy (non-hydrogen) atoms. The van der Waals surface area contributed by atoms with E-state index in [1.54, 1.807) is 0 Å². The molecule has 0 spiro atoms. The van der Waals surface area contributed by atoms with E-state index in [0.717, 1.165) is 21.9 Å². The Labute approximate surface area is 144 Å². The van der Waals surface area contributed by atoms with Gasteiger partial charge in [-0.25, -0.2) is 0 Å². The second-order valence-electron chi connectivity index (χ2n) is 7.26. The van der Waals surface area contributed by atoms with Gasteiger partial charge in [-0.1, -0.05) is 24.3 Å². The Kier molecular flexibility index (Phi) is 4.51. The van der Waals surface area contributed by atoms with E-state index in [1.165, 1.54) is 0 Å². The smallest absolute Gasteiger partial charge is 0.400 e.